The van der Waals surface area contributed by atoms with E-state index >= 15 is 0 Å². The molecule has 0 amide bonds. The quantitative estimate of drug-likeness (QED) is 0.408. The van der Waals surface area contributed by atoms with Crippen molar-refractivity contribution in [3.63, 3.8) is 0 Å². The van der Waals surface area contributed by atoms with E-state index in [0.717, 1.165) is 6.04 Å². The molecule has 0 radical (unpaired) electrons. The summed E-state index contributed by atoms with van der Waals surface area (Å²) in [6.07, 6.45) is 5.54. The molecule has 0 atom stereocenters. The van der Waals surface area contributed by atoms with Gasteiger partial charge < -0.3 is 0 Å². The summed E-state index contributed by atoms with van der Waals surface area (Å²) in [6.45, 7) is 8.48. The summed E-state index contributed by atoms with van der Waals surface area (Å²) >= 11 is 0. The van der Waals surface area contributed by atoms with Crippen molar-refractivity contribution < 1.29 is 4.58 Å². The van der Waals surface area contributed by atoms with Gasteiger partial charge >= 0.3 is 0 Å². The van der Waals surface area contributed by atoms with Crippen molar-refractivity contribution in [2.24, 2.45) is 0 Å². The second kappa shape index (κ2) is 3.18. The minimum atomic E-state index is 0.614. The van der Waals surface area contributed by atoms with Crippen molar-refractivity contribution in [1.29, 1.82) is 0 Å². The standard InChI is InChI=1S/C9H18N/c1-8(2)10(3)9-6-4-5-7-9/h8-9H,3-7H2,1-2H3/q+1. The van der Waals surface area contributed by atoms with E-state index in [4.69, 9.17) is 0 Å². The first kappa shape index (κ1) is 7.77. The Morgan fingerprint density at radius 2 is 1.80 bits per heavy atom. The summed E-state index contributed by atoms with van der Waals surface area (Å²) < 4.78 is 2.26. The molecular weight excluding hydrogens is 122 g/mol. The Hall–Kier alpha value is -0.330. The SMILES string of the molecule is C=[N+](C(C)C)C1CCCC1. The molecule has 10 heavy (non-hydrogen) atoms. The Balaban J connectivity index is 2.40. The molecule has 0 spiro atoms. The molecule has 0 aromatic rings. The third-order valence-corrected chi connectivity index (χ3v) is 2.46. The Morgan fingerprint density at radius 3 is 2.20 bits per heavy atom. The van der Waals surface area contributed by atoms with Crippen LogP contribution in [0.3, 0.4) is 0 Å². The summed E-state index contributed by atoms with van der Waals surface area (Å²) in [5.41, 5.74) is 0. The lowest BCUT2D eigenvalue weighted by molar-refractivity contribution is -0.585. The lowest BCUT2D eigenvalue weighted by atomic mass is 10.2. The lowest BCUT2D eigenvalue weighted by Gasteiger charge is -2.11. The van der Waals surface area contributed by atoms with Crippen molar-refractivity contribution in [1.82, 2.24) is 0 Å². The van der Waals surface area contributed by atoms with Gasteiger partial charge in [-0.3, -0.25) is 0 Å². The third-order valence-electron chi connectivity index (χ3n) is 2.46. The topological polar surface area (TPSA) is 3.01 Å². The molecule has 1 fully saturated rings. The minimum absolute atomic E-state index is 0.614. The first-order valence-corrected chi connectivity index (χ1v) is 4.30. The fourth-order valence-electron chi connectivity index (χ4n) is 1.66. The second-order valence-electron chi connectivity index (χ2n) is 3.55. The molecular formula is C9H18N+. The van der Waals surface area contributed by atoms with E-state index in [0.29, 0.717) is 6.04 Å². The van der Waals surface area contributed by atoms with Crippen LogP contribution in [0.25, 0.3) is 0 Å². The van der Waals surface area contributed by atoms with Crippen LogP contribution in [0.15, 0.2) is 0 Å². The highest BCUT2D eigenvalue weighted by Gasteiger charge is 2.24. The molecule has 0 heterocycles. The van der Waals surface area contributed by atoms with E-state index in [2.05, 4.69) is 25.1 Å². The summed E-state index contributed by atoms with van der Waals surface area (Å²) in [5.74, 6) is 0. The first-order valence-electron chi connectivity index (χ1n) is 4.30. The van der Waals surface area contributed by atoms with Gasteiger partial charge in [-0.05, 0) is 26.7 Å². The average Bonchev–Trinajstić information content (AvgIpc) is 2.36. The molecule has 0 unspecified atom stereocenters. The normalized spacial score (nSPS) is 20.3. The Labute approximate surface area is 63.8 Å². The highest BCUT2D eigenvalue weighted by Crippen LogP contribution is 2.21. The van der Waals surface area contributed by atoms with Gasteiger partial charge in [0.2, 0.25) is 0 Å². The van der Waals surface area contributed by atoms with Crippen molar-refractivity contribution in [2.75, 3.05) is 0 Å². The second-order valence-corrected chi connectivity index (χ2v) is 3.55. The molecule has 1 rings (SSSR count). The fourth-order valence-corrected chi connectivity index (χ4v) is 1.66. The van der Waals surface area contributed by atoms with Crippen LogP contribution in [0.5, 0.6) is 0 Å². The number of rotatable bonds is 2. The predicted octanol–water partition coefficient (Wildman–Crippen LogP) is 2.05. The number of nitrogens with zero attached hydrogens (tertiary/aromatic N) is 1. The van der Waals surface area contributed by atoms with E-state index < -0.39 is 0 Å². The smallest absolute Gasteiger partial charge is 0.152 e. The summed E-state index contributed by atoms with van der Waals surface area (Å²) in [5, 5.41) is 0. The van der Waals surface area contributed by atoms with Crippen LogP contribution in [0.4, 0.5) is 0 Å². The first-order chi connectivity index (χ1) is 4.72. The zero-order chi connectivity index (χ0) is 7.56. The van der Waals surface area contributed by atoms with Crippen LogP contribution >= 0.6 is 0 Å². The van der Waals surface area contributed by atoms with Gasteiger partial charge in [-0.1, -0.05) is 0 Å². The van der Waals surface area contributed by atoms with Crippen LogP contribution in [-0.4, -0.2) is 23.4 Å². The van der Waals surface area contributed by atoms with Gasteiger partial charge in [0.15, 0.2) is 6.04 Å². The summed E-state index contributed by atoms with van der Waals surface area (Å²) in [7, 11) is 0. The monoisotopic (exact) mass is 140 g/mol. The van der Waals surface area contributed by atoms with Crippen molar-refractivity contribution in [2.45, 2.75) is 51.6 Å². The molecule has 1 saturated carbocycles. The number of hydrogen-bond donors (Lipinski definition) is 0. The molecule has 58 valence electrons. The molecule has 0 aromatic heterocycles. The van der Waals surface area contributed by atoms with E-state index in [1.165, 1.54) is 25.7 Å². The molecule has 1 nitrogen and oxygen atoms in total. The van der Waals surface area contributed by atoms with Gasteiger partial charge in [0.25, 0.3) is 0 Å². The maximum atomic E-state index is 4.05. The van der Waals surface area contributed by atoms with E-state index in [9.17, 15) is 0 Å². The minimum Gasteiger partial charge on any atom is -0.238 e. The molecule has 0 bridgehead atoms. The molecule has 0 aromatic carbocycles. The molecule has 0 saturated heterocycles. The maximum absolute atomic E-state index is 4.05. The fraction of sp³-hybridized carbons (Fsp3) is 0.889. The van der Waals surface area contributed by atoms with E-state index in [1.807, 2.05) is 0 Å². The van der Waals surface area contributed by atoms with Gasteiger partial charge in [0, 0.05) is 12.8 Å². The average molecular weight is 140 g/mol. The predicted molar refractivity (Wildman–Crippen MR) is 44.8 cm³/mol. The Bertz CT molecular complexity index is 121. The summed E-state index contributed by atoms with van der Waals surface area (Å²) in [6, 6.07) is 1.39. The van der Waals surface area contributed by atoms with Gasteiger partial charge in [-0.15, -0.1) is 0 Å². The van der Waals surface area contributed by atoms with Crippen LogP contribution in [0.1, 0.15) is 39.5 Å². The Kier molecular flexibility index (Phi) is 2.47. The number of hydrogen-bond acceptors (Lipinski definition) is 0. The zero-order valence-corrected chi connectivity index (χ0v) is 7.14. The van der Waals surface area contributed by atoms with Gasteiger partial charge in [0.05, 0.1) is 0 Å². The molecule has 1 aliphatic carbocycles. The molecule has 1 aliphatic rings. The van der Waals surface area contributed by atoms with E-state index in [-0.39, 0.29) is 0 Å². The highest BCUT2D eigenvalue weighted by atomic mass is 15.0. The Morgan fingerprint density at radius 1 is 1.30 bits per heavy atom. The van der Waals surface area contributed by atoms with E-state index in [1.54, 1.807) is 0 Å². The molecule has 0 aliphatic heterocycles. The zero-order valence-electron chi connectivity index (χ0n) is 7.14. The van der Waals surface area contributed by atoms with Gasteiger partial charge in [0.1, 0.15) is 12.8 Å². The maximum Gasteiger partial charge on any atom is 0.152 e. The van der Waals surface area contributed by atoms with Crippen molar-refractivity contribution in [3.8, 4) is 0 Å². The largest absolute Gasteiger partial charge is 0.238 e. The lowest BCUT2D eigenvalue weighted by Crippen LogP contribution is -2.28. The van der Waals surface area contributed by atoms with Crippen molar-refractivity contribution >= 4 is 6.72 Å². The van der Waals surface area contributed by atoms with Crippen LogP contribution < -0.4 is 0 Å². The molecule has 1 heteroatoms. The third kappa shape index (κ3) is 1.59. The van der Waals surface area contributed by atoms with Gasteiger partial charge in [-0.2, -0.15) is 0 Å². The van der Waals surface area contributed by atoms with Crippen LogP contribution in [-0.2, 0) is 0 Å². The van der Waals surface area contributed by atoms with Crippen LogP contribution in [0, 0.1) is 0 Å². The summed E-state index contributed by atoms with van der Waals surface area (Å²) in [4.78, 5) is 0. The van der Waals surface area contributed by atoms with Gasteiger partial charge in [-0.25, -0.2) is 4.58 Å². The van der Waals surface area contributed by atoms with Crippen LogP contribution in [0.2, 0.25) is 0 Å². The highest BCUT2D eigenvalue weighted by molar-refractivity contribution is 5.15. The molecule has 0 N–H and O–H groups in total. The van der Waals surface area contributed by atoms with Crippen molar-refractivity contribution in [3.05, 3.63) is 0 Å².